The van der Waals surface area contributed by atoms with E-state index < -0.39 is 11.7 Å². The number of hydrogen-bond acceptors (Lipinski definition) is 3. The fraction of sp³-hybridized carbons (Fsp3) is 0.200. The number of hydrogen-bond donors (Lipinski definition) is 2. The third-order valence-electron chi connectivity index (χ3n) is 2.69. The Balaban J connectivity index is 2.12. The maximum absolute atomic E-state index is 13.2. The van der Waals surface area contributed by atoms with Crippen molar-refractivity contribution in [2.75, 3.05) is 17.2 Å². The molecule has 2 N–H and O–H groups in total. The lowest BCUT2D eigenvalue weighted by molar-refractivity contribution is 0.102. The minimum atomic E-state index is -0.510. The lowest BCUT2D eigenvalue weighted by Crippen LogP contribution is -2.14. The van der Waals surface area contributed by atoms with Crippen molar-refractivity contribution < 1.29 is 9.18 Å². The zero-order chi connectivity index (χ0) is 15.2. The molecule has 0 bridgehead atoms. The molecule has 0 atom stereocenters. The Labute approximate surface area is 127 Å². The summed E-state index contributed by atoms with van der Waals surface area (Å²) in [5.74, 6) is -0.930. The van der Waals surface area contributed by atoms with Crippen molar-refractivity contribution in [3.8, 4) is 0 Å². The summed E-state index contributed by atoms with van der Waals surface area (Å²) in [5, 5.41) is 5.96. The average Bonchev–Trinajstić information content (AvgIpc) is 2.44. The zero-order valence-electron chi connectivity index (χ0n) is 11.5. The Bertz CT molecular complexity index is 628. The molecule has 1 heterocycles. The Morgan fingerprint density at radius 3 is 2.81 bits per heavy atom. The summed E-state index contributed by atoms with van der Waals surface area (Å²) >= 11 is 5.75. The van der Waals surface area contributed by atoms with Gasteiger partial charge in [0.05, 0.1) is 0 Å². The van der Waals surface area contributed by atoms with Crippen LogP contribution in [0.15, 0.2) is 36.5 Å². The molecule has 1 aromatic heterocycles. The number of amides is 1. The van der Waals surface area contributed by atoms with Gasteiger partial charge in [0, 0.05) is 29.1 Å². The van der Waals surface area contributed by atoms with Crippen LogP contribution >= 0.6 is 11.6 Å². The highest BCUT2D eigenvalue weighted by molar-refractivity contribution is 6.31. The molecule has 0 radical (unpaired) electrons. The molecule has 0 aliphatic carbocycles. The second-order valence-electron chi connectivity index (χ2n) is 4.47. The molecule has 2 aromatic rings. The average molecular weight is 308 g/mol. The van der Waals surface area contributed by atoms with Gasteiger partial charge in [-0.25, -0.2) is 4.39 Å². The van der Waals surface area contributed by atoms with E-state index in [9.17, 15) is 9.18 Å². The van der Waals surface area contributed by atoms with Crippen LogP contribution in [0.5, 0.6) is 0 Å². The monoisotopic (exact) mass is 307 g/mol. The molecule has 21 heavy (non-hydrogen) atoms. The van der Waals surface area contributed by atoms with E-state index in [1.54, 1.807) is 18.3 Å². The molecule has 0 spiro atoms. The SMILES string of the molecule is CCCNc1ccnc(C(=O)Nc2cc(F)cc(Cl)c2)c1. The third-order valence-corrected chi connectivity index (χ3v) is 2.91. The zero-order valence-corrected chi connectivity index (χ0v) is 12.2. The number of carbonyl (C=O) groups excluding carboxylic acids is 1. The van der Waals surface area contributed by atoms with Gasteiger partial charge in [-0.2, -0.15) is 0 Å². The number of benzene rings is 1. The largest absolute Gasteiger partial charge is 0.385 e. The molecule has 0 saturated carbocycles. The lowest BCUT2D eigenvalue weighted by atomic mass is 10.2. The van der Waals surface area contributed by atoms with E-state index in [1.807, 2.05) is 0 Å². The Hall–Kier alpha value is -2.14. The minimum absolute atomic E-state index is 0.219. The number of carbonyl (C=O) groups is 1. The maximum atomic E-state index is 13.2. The van der Waals surface area contributed by atoms with Gasteiger partial charge in [-0.3, -0.25) is 9.78 Å². The van der Waals surface area contributed by atoms with Crippen LogP contribution in [-0.4, -0.2) is 17.4 Å². The van der Waals surface area contributed by atoms with E-state index in [2.05, 4.69) is 22.5 Å². The van der Waals surface area contributed by atoms with E-state index in [0.717, 1.165) is 18.7 Å². The molecule has 2 rings (SSSR count). The predicted molar refractivity (Wildman–Crippen MR) is 82.4 cm³/mol. The van der Waals surface area contributed by atoms with E-state index in [0.29, 0.717) is 5.69 Å². The molecule has 0 saturated heterocycles. The van der Waals surface area contributed by atoms with Gasteiger partial charge in [0.15, 0.2) is 0 Å². The smallest absolute Gasteiger partial charge is 0.274 e. The molecule has 4 nitrogen and oxygen atoms in total. The van der Waals surface area contributed by atoms with E-state index >= 15 is 0 Å². The van der Waals surface area contributed by atoms with Crippen LogP contribution in [-0.2, 0) is 0 Å². The molecule has 0 aliphatic heterocycles. The van der Waals surface area contributed by atoms with Crippen molar-refractivity contribution in [1.29, 1.82) is 0 Å². The van der Waals surface area contributed by atoms with E-state index in [4.69, 9.17) is 11.6 Å². The van der Waals surface area contributed by atoms with Gasteiger partial charge in [0.25, 0.3) is 5.91 Å². The van der Waals surface area contributed by atoms with Crippen LogP contribution in [0, 0.1) is 5.82 Å². The lowest BCUT2D eigenvalue weighted by Gasteiger charge is -2.08. The number of rotatable bonds is 5. The maximum Gasteiger partial charge on any atom is 0.274 e. The predicted octanol–water partition coefficient (Wildman–Crippen LogP) is 3.95. The fourth-order valence-electron chi connectivity index (χ4n) is 1.76. The van der Waals surface area contributed by atoms with Gasteiger partial charge in [-0.05, 0) is 36.8 Å². The highest BCUT2D eigenvalue weighted by Crippen LogP contribution is 2.19. The van der Waals surface area contributed by atoms with Crippen LogP contribution in [0.3, 0.4) is 0 Å². The van der Waals surface area contributed by atoms with E-state index in [-0.39, 0.29) is 10.7 Å². The van der Waals surface area contributed by atoms with Crippen molar-refractivity contribution >= 4 is 28.9 Å². The van der Waals surface area contributed by atoms with Gasteiger partial charge in [-0.1, -0.05) is 18.5 Å². The first-order chi connectivity index (χ1) is 10.1. The second kappa shape index (κ2) is 7.04. The molecular weight excluding hydrogens is 293 g/mol. The first kappa shape index (κ1) is 15.3. The Kier molecular flexibility index (Phi) is 5.11. The van der Waals surface area contributed by atoms with Crippen LogP contribution in [0.25, 0.3) is 0 Å². The fourth-order valence-corrected chi connectivity index (χ4v) is 1.98. The molecule has 6 heteroatoms. The minimum Gasteiger partial charge on any atom is -0.385 e. The summed E-state index contributed by atoms with van der Waals surface area (Å²) in [5.41, 5.74) is 1.35. The number of anilines is 2. The molecular formula is C15H15ClFN3O. The molecule has 0 aliphatic rings. The standard InChI is InChI=1S/C15H15ClFN3O/c1-2-4-18-12-3-5-19-14(9-12)15(21)20-13-7-10(16)6-11(17)8-13/h3,5-9H,2,4H2,1H3,(H,18,19)(H,20,21). The van der Waals surface area contributed by atoms with Crippen LogP contribution in [0.1, 0.15) is 23.8 Å². The van der Waals surface area contributed by atoms with Gasteiger partial charge in [0.1, 0.15) is 11.5 Å². The molecule has 0 unspecified atom stereocenters. The van der Waals surface area contributed by atoms with Gasteiger partial charge in [0.2, 0.25) is 0 Å². The first-order valence-electron chi connectivity index (χ1n) is 6.56. The highest BCUT2D eigenvalue weighted by atomic mass is 35.5. The Morgan fingerprint density at radius 2 is 2.10 bits per heavy atom. The van der Waals surface area contributed by atoms with Gasteiger partial charge in [-0.15, -0.1) is 0 Å². The first-order valence-corrected chi connectivity index (χ1v) is 6.93. The van der Waals surface area contributed by atoms with Crippen molar-refractivity contribution in [2.45, 2.75) is 13.3 Å². The Morgan fingerprint density at radius 1 is 1.29 bits per heavy atom. The number of aromatic nitrogens is 1. The van der Waals surface area contributed by atoms with Crippen molar-refractivity contribution in [2.24, 2.45) is 0 Å². The summed E-state index contributed by atoms with van der Waals surface area (Å²) < 4.78 is 13.2. The summed E-state index contributed by atoms with van der Waals surface area (Å²) in [4.78, 5) is 16.1. The summed E-state index contributed by atoms with van der Waals surface area (Å²) in [7, 11) is 0. The third kappa shape index (κ3) is 4.43. The van der Waals surface area contributed by atoms with Crippen LogP contribution < -0.4 is 10.6 Å². The number of pyridine rings is 1. The van der Waals surface area contributed by atoms with Crippen molar-refractivity contribution in [3.05, 3.63) is 53.1 Å². The highest BCUT2D eigenvalue weighted by Gasteiger charge is 2.09. The van der Waals surface area contributed by atoms with Crippen LogP contribution in [0.4, 0.5) is 15.8 Å². The summed E-state index contributed by atoms with van der Waals surface area (Å²) in [6.45, 7) is 2.86. The van der Waals surface area contributed by atoms with Crippen LogP contribution in [0.2, 0.25) is 5.02 Å². The quantitative estimate of drug-likeness (QED) is 0.879. The summed E-state index contributed by atoms with van der Waals surface area (Å²) in [6, 6.07) is 7.27. The molecule has 110 valence electrons. The van der Waals surface area contributed by atoms with Crippen molar-refractivity contribution in [3.63, 3.8) is 0 Å². The number of halogens is 2. The summed E-state index contributed by atoms with van der Waals surface area (Å²) in [6.07, 6.45) is 2.52. The normalized spacial score (nSPS) is 10.2. The number of nitrogens with zero attached hydrogens (tertiary/aromatic N) is 1. The number of nitrogens with one attached hydrogen (secondary N) is 2. The van der Waals surface area contributed by atoms with Gasteiger partial charge < -0.3 is 10.6 Å². The molecule has 1 amide bonds. The van der Waals surface area contributed by atoms with Gasteiger partial charge >= 0.3 is 0 Å². The van der Waals surface area contributed by atoms with Crippen molar-refractivity contribution in [1.82, 2.24) is 4.98 Å². The molecule has 1 aromatic carbocycles. The molecule has 0 fully saturated rings. The van der Waals surface area contributed by atoms with E-state index in [1.165, 1.54) is 18.2 Å². The second-order valence-corrected chi connectivity index (χ2v) is 4.91. The topological polar surface area (TPSA) is 54.0 Å².